The van der Waals surface area contributed by atoms with Crippen LogP contribution in [0.2, 0.25) is 0 Å². The highest BCUT2D eigenvalue weighted by molar-refractivity contribution is 7.88. The molecule has 1 aromatic carbocycles. The number of carbonyl (C=O) groups is 1. The Kier molecular flexibility index (Phi) is 6.38. The van der Waals surface area contributed by atoms with Crippen molar-refractivity contribution in [3.63, 3.8) is 0 Å². The quantitative estimate of drug-likeness (QED) is 0.618. The molecular formula is C19H23NO7S. The van der Waals surface area contributed by atoms with Crippen LogP contribution in [0.3, 0.4) is 0 Å². The van der Waals surface area contributed by atoms with Gasteiger partial charge in [-0.1, -0.05) is 0 Å². The lowest BCUT2D eigenvalue weighted by Crippen LogP contribution is -2.21. The number of furan rings is 1. The second-order valence-electron chi connectivity index (χ2n) is 6.55. The largest absolute Gasteiger partial charge is 0.491 e. The average molecular weight is 409 g/mol. The van der Waals surface area contributed by atoms with E-state index in [2.05, 4.69) is 0 Å². The van der Waals surface area contributed by atoms with Crippen molar-refractivity contribution in [2.24, 2.45) is 0 Å². The molecule has 1 aromatic heterocycles. The zero-order chi connectivity index (χ0) is 20.1. The minimum Gasteiger partial charge on any atom is -0.491 e. The van der Waals surface area contributed by atoms with Crippen LogP contribution in [0.5, 0.6) is 5.75 Å². The van der Waals surface area contributed by atoms with Crippen molar-refractivity contribution >= 4 is 16.0 Å². The summed E-state index contributed by atoms with van der Waals surface area (Å²) in [6, 6.07) is 9.40. The molecule has 0 radical (unpaired) electrons. The molecule has 1 saturated heterocycles. The molecule has 1 aliphatic rings. The topological polar surface area (TPSA) is 95.3 Å². The van der Waals surface area contributed by atoms with Gasteiger partial charge in [-0.2, -0.15) is 0 Å². The summed E-state index contributed by atoms with van der Waals surface area (Å²) in [5.74, 6) is 0.348. The Labute approximate surface area is 164 Å². The van der Waals surface area contributed by atoms with E-state index < -0.39 is 16.0 Å². The van der Waals surface area contributed by atoms with Crippen molar-refractivity contribution in [1.29, 1.82) is 0 Å². The van der Waals surface area contributed by atoms with Gasteiger partial charge in [0.1, 0.15) is 24.7 Å². The first-order valence-corrected chi connectivity index (χ1v) is 10.3. The fourth-order valence-electron chi connectivity index (χ4n) is 2.63. The van der Waals surface area contributed by atoms with E-state index in [0.29, 0.717) is 17.9 Å². The van der Waals surface area contributed by atoms with E-state index in [4.69, 9.17) is 18.6 Å². The first-order chi connectivity index (χ1) is 13.4. The third kappa shape index (κ3) is 4.92. The summed E-state index contributed by atoms with van der Waals surface area (Å²) in [7, 11) is -0.843. The van der Waals surface area contributed by atoms with Crippen LogP contribution < -0.4 is 4.74 Å². The Morgan fingerprint density at radius 3 is 2.57 bits per heavy atom. The van der Waals surface area contributed by atoms with Gasteiger partial charge in [-0.3, -0.25) is 0 Å². The number of benzene rings is 1. The van der Waals surface area contributed by atoms with Gasteiger partial charge in [0.25, 0.3) is 10.0 Å². The summed E-state index contributed by atoms with van der Waals surface area (Å²) < 4.78 is 46.6. The summed E-state index contributed by atoms with van der Waals surface area (Å²) in [6.45, 7) is 1.09. The van der Waals surface area contributed by atoms with Crippen molar-refractivity contribution in [1.82, 2.24) is 4.31 Å². The monoisotopic (exact) mass is 409 g/mol. The molecule has 0 spiro atoms. The SMILES string of the molecule is CN(C)S(=O)(=O)c1ccc(COC(=O)c2ccc(OCC3CCCO3)cc2)o1. The Morgan fingerprint density at radius 2 is 1.93 bits per heavy atom. The van der Waals surface area contributed by atoms with E-state index in [9.17, 15) is 13.2 Å². The number of carbonyl (C=O) groups excluding carboxylic acids is 1. The zero-order valence-corrected chi connectivity index (χ0v) is 16.6. The van der Waals surface area contributed by atoms with Gasteiger partial charge in [0.05, 0.1) is 11.7 Å². The van der Waals surface area contributed by atoms with Gasteiger partial charge in [0, 0.05) is 20.7 Å². The van der Waals surface area contributed by atoms with E-state index in [1.54, 1.807) is 24.3 Å². The molecule has 0 aliphatic carbocycles. The Hall–Kier alpha value is -2.36. The van der Waals surface area contributed by atoms with Crippen LogP contribution in [0.15, 0.2) is 45.9 Å². The number of ether oxygens (including phenoxy) is 3. The molecule has 2 heterocycles. The van der Waals surface area contributed by atoms with Crippen LogP contribution in [0.1, 0.15) is 29.0 Å². The maximum absolute atomic E-state index is 12.2. The highest BCUT2D eigenvalue weighted by Gasteiger charge is 2.22. The number of esters is 1. The van der Waals surface area contributed by atoms with E-state index in [1.165, 1.54) is 26.2 Å². The number of rotatable bonds is 8. The third-order valence-corrected chi connectivity index (χ3v) is 5.96. The summed E-state index contributed by atoms with van der Waals surface area (Å²) >= 11 is 0. The molecule has 28 heavy (non-hydrogen) atoms. The number of hydrogen-bond acceptors (Lipinski definition) is 7. The molecule has 3 rings (SSSR count). The fourth-order valence-corrected chi connectivity index (χ4v) is 3.44. The van der Waals surface area contributed by atoms with Gasteiger partial charge >= 0.3 is 5.97 Å². The van der Waals surface area contributed by atoms with Crippen LogP contribution in [-0.4, -0.2) is 52.1 Å². The summed E-state index contributed by atoms with van der Waals surface area (Å²) in [5, 5.41) is -0.198. The Bertz CT molecular complexity index is 897. The van der Waals surface area contributed by atoms with Gasteiger partial charge in [0.2, 0.25) is 5.09 Å². The van der Waals surface area contributed by atoms with Crippen molar-refractivity contribution < 1.29 is 31.8 Å². The molecule has 152 valence electrons. The fraction of sp³-hybridized carbons (Fsp3) is 0.421. The molecule has 0 amide bonds. The van der Waals surface area contributed by atoms with Crippen molar-refractivity contribution in [3.8, 4) is 5.75 Å². The molecular weight excluding hydrogens is 386 g/mol. The van der Waals surface area contributed by atoms with Gasteiger partial charge < -0.3 is 18.6 Å². The van der Waals surface area contributed by atoms with Crippen LogP contribution in [-0.2, 0) is 26.1 Å². The number of nitrogens with zero attached hydrogens (tertiary/aromatic N) is 1. The standard InChI is InChI=1S/C19H23NO7S/c1-20(2)28(22,23)18-10-9-17(27-18)13-26-19(21)14-5-7-15(8-6-14)25-12-16-4-3-11-24-16/h5-10,16H,3-4,11-13H2,1-2H3. The minimum absolute atomic E-state index is 0.124. The van der Waals surface area contributed by atoms with E-state index in [0.717, 1.165) is 23.8 Å². The molecule has 8 nitrogen and oxygen atoms in total. The summed E-state index contributed by atoms with van der Waals surface area (Å²) in [4.78, 5) is 12.2. The molecule has 0 N–H and O–H groups in total. The zero-order valence-electron chi connectivity index (χ0n) is 15.8. The highest BCUT2D eigenvalue weighted by atomic mass is 32.2. The number of hydrogen-bond donors (Lipinski definition) is 0. The molecule has 1 atom stereocenters. The number of sulfonamides is 1. The lowest BCUT2D eigenvalue weighted by molar-refractivity contribution is 0.0440. The predicted molar refractivity (Wildman–Crippen MR) is 99.6 cm³/mol. The van der Waals surface area contributed by atoms with Gasteiger partial charge in [-0.05, 0) is 49.2 Å². The smallest absolute Gasteiger partial charge is 0.338 e. The Balaban J connectivity index is 1.51. The molecule has 1 unspecified atom stereocenters. The van der Waals surface area contributed by atoms with Crippen LogP contribution in [0, 0.1) is 0 Å². The minimum atomic E-state index is -3.66. The molecule has 2 aromatic rings. The normalized spacial score (nSPS) is 17.0. The summed E-state index contributed by atoms with van der Waals surface area (Å²) in [6.07, 6.45) is 2.17. The lowest BCUT2D eigenvalue weighted by atomic mass is 10.2. The predicted octanol–water partition coefficient (Wildman–Crippen LogP) is 2.44. The maximum Gasteiger partial charge on any atom is 0.338 e. The van der Waals surface area contributed by atoms with Crippen LogP contribution in [0.25, 0.3) is 0 Å². The second-order valence-corrected chi connectivity index (χ2v) is 8.64. The van der Waals surface area contributed by atoms with E-state index >= 15 is 0 Å². The van der Waals surface area contributed by atoms with Gasteiger partial charge in [-0.25, -0.2) is 17.5 Å². The molecule has 0 bridgehead atoms. The van der Waals surface area contributed by atoms with Crippen molar-refractivity contribution in [2.45, 2.75) is 30.6 Å². The Morgan fingerprint density at radius 1 is 1.18 bits per heavy atom. The van der Waals surface area contributed by atoms with Crippen molar-refractivity contribution in [3.05, 3.63) is 47.7 Å². The first-order valence-electron chi connectivity index (χ1n) is 8.89. The van der Waals surface area contributed by atoms with Crippen LogP contribution >= 0.6 is 0 Å². The molecule has 1 aliphatic heterocycles. The average Bonchev–Trinajstić information content (AvgIpc) is 3.37. The maximum atomic E-state index is 12.2. The molecule has 0 saturated carbocycles. The highest BCUT2D eigenvalue weighted by Crippen LogP contribution is 2.19. The van der Waals surface area contributed by atoms with Crippen LogP contribution in [0.4, 0.5) is 0 Å². The molecule has 1 fully saturated rings. The second kappa shape index (κ2) is 8.76. The third-order valence-electron chi connectivity index (χ3n) is 4.27. The van der Waals surface area contributed by atoms with E-state index in [-0.39, 0.29) is 23.6 Å². The summed E-state index contributed by atoms with van der Waals surface area (Å²) in [5.41, 5.74) is 0.358. The van der Waals surface area contributed by atoms with Gasteiger partial charge in [0.15, 0.2) is 0 Å². The lowest BCUT2D eigenvalue weighted by Gasteiger charge is -2.11. The molecule has 9 heteroatoms. The van der Waals surface area contributed by atoms with Crippen molar-refractivity contribution in [2.75, 3.05) is 27.3 Å². The van der Waals surface area contributed by atoms with E-state index in [1.807, 2.05) is 0 Å². The van der Waals surface area contributed by atoms with Gasteiger partial charge in [-0.15, -0.1) is 0 Å². The first kappa shape index (κ1) is 20.4.